The molecule has 2 heterocycles. The summed E-state index contributed by atoms with van der Waals surface area (Å²) < 4.78 is 5.32. The molecule has 21 heavy (non-hydrogen) atoms. The fraction of sp³-hybridized carbons (Fsp3) is 0.562. The highest BCUT2D eigenvalue weighted by Crippen LogP contribution is 2.20. The van der Waals surface area contributed by atoms with Gasteiger partial charge in [-0.15, -0.1) is 11.3 Å². The monoisotopic (exact) mass is 307 g/mol. The van der Waals surface area contributed by atoms with E-state index in [0.717, 1.165) is 45.1 Å². The van der Waals surface area contributed by atoms with Crippen molar-refractivity contribution >= 4 is 17.3 Å². The second kappa shape index (κ2) is 8.20. The number of ether oxygens (including phenoxy) is 1. The first-order valence-corrected chi connectivity index (χ1v) is 8.26. The molecule has 4 nitrogen and oxygen atoms in total. The summed E-state index contributed by atoms with van der Waals surface area (Å²) in [5, 5.41) is 6.75. The van der Waals surface area contributed by atoms with Gasteiger partial charge in [-0.25, -0.2) is 0 Å². The van der Waals surface area contributed by atoms with E-state index in [1.165, 1.54) is 20.9 Å². The molecule has 0 saturated heterocycles. The highest BCUT2D eigenvalue weighted by molar-refractivity contribution is 7.12. The molecule has 5 heteroatoms. The minimum absolute atomic E-state index is 0.763. The number of nitrogens with zero attached hydrogens (tertiary/aromatic N) is 1. The van der Waals surface area contributed by atoms with Crippen LogP contribution >= 0.6 is 11.3 Å². The van der Waals surface area contributed by atoms with Gasteiger partial charge in [-0.2, -0.15) is 0 Å². The smallest absolute Gasteiger partial charge is 0.191 e. The van der Waals surface area contributed by atoms with Crippen molar-refractivity contribution in [2.75, 3.05) is 26.8 Å². The zero-order valence-electron chi connectivity index (χ0n) is 13.2. The Morgan fingerprint density at radius 3 is 2.86 bits per heavy atom. The Morgan fingerprint density at radius 1 is 1.38 bits per heavy atom. The normalized spacial score (nSPS) is 15.8. The summed E-state index contributed by atoms with van der Waals surface area (Å²) >= 11 is 1.85. The van der Waals surface area contributed by atoms with Gasteiger partial charge in [-0.05, 0) is 38.3 Å². The van der Waals surface area contributed by atoms with Crippen LogP contribution < -0.4 is 10.6 Å². The van der Waals surface area contributed by atoms with Gasteiger partial charge < -0.3 is 15.4 Å². The van der Waals surface area contributed by atoms with Gasteiger partial charge in [0.05, 0.1) is 13.2 Å². The van der Waals surface area contributed by atoms with Crippen LogP contribution in [0.4, 0.5) is 0 Å². The standard InChI is InChI=1S/C16H25N3OS/c1-12-10-15(13(2)21-12)11-19-16(17-3)18-7-4-14-5-8-20-9-6-14/h5,10H,4,6-9,11H2,1-3H3,(H2,17,18,19). The number of guanidine groups is 1. The lowest BCUT2D eigenvalue weighted by Crippen LogP contribution is -2.37. The molecule has 1 aliphatic rings. The molecule has 0 spiro atoms. The molecule has 0 unspecified atom stereocenters. The number of aliphatic imine (C=N–C) groups is 1. The maximum Gasteiger partial charge on any atom is 0.191 e. The second-order valence-electron chi connectivity index (χ2n) is 5.23. The highest BCUT2D eigenvalue weighted by atomic mass is 32.1. The minimum atomic E-state index is 0.763. The fourth-order valence-electron chi connectivity index (χ4n) is 2.39. The van der Waals surface area contributed by atoms with Crippen molar-refractivity contribution in [2.45, 2.75) is 33.2 Å². The number of hydrogen-bond donors (Lipinski definition) is 2. The van der Waals surface area contributed by atoms with E-state index in [4.69, 9.17) is 4.74 Å². The van der Waals surface area contributed by atoms with Crippen LogP contribution in [0.15, 0.2) is 22.7 Å². The highest BCUT2D eigenvalue weighted by Gasteiger charge is 2.06. The summed E-state index contributed by atoms with van der Waals surface area (Å²) in [5.74, 6) is 0.867. The Hall–Kier alpha value is -1.33. The fourth-order valence-corrected chi connectivity index (χ4v) is 3.34. The molecule has 1 aromatic heterocycles. The van der Waals surface area contributed by atoms with E-state index >= 15 is 0 Å². The van der Waals surface area contributed by atoms with E-state index < -0.39 is 0 Å². The van der Waals surface area contributed by atoms with Gasteiger partial charge in [0.2, 0.25) is 0 Å². The molecule has 0 amide bonds. The molecular formula is C16H25N3OS. The largest absolute Gasteiger partial charge is 0.377 e. The van der Waals surface area contributed by atoms with E-state index in [1.54, 1.807) is 0 Å². The van der Waals surface area contributed by atoms with E-state index in [9.17, 15) is 0 Å². The Labute approximate surface area is 131 Å². The first-order valence-electron chi connectivity index (χ1n) is 7.45. The number of rotatable bonds is 5. The first-order chi connectivity index (χ1) is 10.2. The molecular weight excluding hydrogens is 282 g/mol. The summed E-state index contributed by atoms with van der Waals surface area (Å²) in [6, 6.07) is 2.24. The first kappa shape index (κ1) is 16.0. The molecule has 0 bridgehead atoms. The van der Waals surface area contributed by atoms with Crippen LogP contribution in [0.1, 0.15) is 28.2 Å². The average molecular weight is 307 g/mol. The number of hydrogen-bond acceptors (Lipinski definition) is 3. The van der Waals surface area contributed by atoms with Crippen molar-refractivity contribution in [1.29, 1.82) is 0 Å². The molecule has 0 radical (unpaired) electrons. The van der Waals surface area contributed by atoms with Crippen LogP contribution in [-0.2, 0) is 11.3 Å². The number of nitrogens with one attached hydrogen (secondary N) is 2. The molecule has 2 rings (SSSR count). The SMILES string of the molecule is CN=C(NCCC1=CCOCC1)NCc1cc(C)sc1C. The van der Waals surface area contributed by atoms with Crippen LogP contribution in [0.2, 0.25) is 0 Å². The molecule has 0 fully saturated rings. The maximum absolute atomic E-state index is 5.32. The lowest BCUT2D eigenvalue weighted by Gasteiger charge is -2.15. The van der Waals surface area contributed by atoms with Crippen molar-refractivity contribution in [2.24, 2.45) is 4.99 Å². The van der Waals surface area contributed by atoms with E-state index in [-0.39, 0.29) is 0 Å². The van der Waals surface area contributed by atoms with Crippen molar-refractivity contribution in [3.63, 3.8) is 0 Å². The van der Waals surface area contributed by atoms with Crippen molar-refractivity contribution < 1.29 is 4.74 Å². The van der Waals surface area contributed by atoms with Crippen LogP contribution in [0.3, 0.4) is 0 Å². The Morgan fingerprint density at radius 2 is 2.24 bits per heavy atom. The van der Waals surface area contributed by atoms with Gasteiger partial charge in [0, 0.05) is 29.9 Å². The predicted octanol–water partition coefficient (Wildman–Crippen LogP) is 2.77. The van der Waals surface area contributed by atoms with E-state index in [0.29, 0.717) is 0 Å². The van der Waals surface area contributed by atoms with Gasteiger partial charge >= 0.3 is 0 Å². The van der Waals surface area contributed by atoms with Crippen LogP contribution in [0, 0.1) is 13.8 Å². The zero-order valence-corrected chi connectivity index (χ0v) is 14.0. The molecule has 116 valence electrons. The Balaban J connectivity index is 1.73. The van der Waals surface area contributed by atoms with Crippen molar-refractivity contribution in [3.05, 3.63) is 33.0 Å². The van der Waals surface area contributed by atoms with Gasteiger partial charge in [0.25, 0.3) is 0 Å². The molecule has 0 aliphatic carbocycles. The predicted molar refractivity (Wildman–Crippen MR) is 90.1 cm³/mol. The topological polar surface area (TPSA) is 45.7 Å². The second-order valence-corrected chi connectivity index (χ2v) is 6.69. The van der Waals surface area contributed by atoms with Crippen molar-refractivity contribution in [3.8, 4) is 0 Å². The van der Waals surface area contributed by atoms with E-state index in [2.05, 4.69) is 41.6 Å². The number of thiophene rings is 1. The van der Waals surface area contributed by atoms with Crippen LogP contribution in [-0.4, -0.2) is 32.8 Å². The maximum atomic E-state index is 5.32. The third kappa shape index (κ3) is 5.17. The van der Waals surface area contributed by atoms with Gasteiger partial charge in [-0.3, -0.25) is 4.99 Å². The van der Waals surface area contributed by atoms with Gasteiger partial charge in [0.1, 0.15) is 0 Å². The third-order valence-electron chi connectivity index (χ3n) is 3.61. The lowest BCUT2D eigenvalue weighted by molar-refractivity contribution is 0.153. The Bertz CT molecular complexity index is 520. The summed E-state index contributed by atoms with van der Waals surface area (Å²) in [6.07, 6.45) is 4.31. The molecule has 2 N–H and O–H groups in total. The summed E-state index contributed by atoms with van der Waals surface area (Å²) in [7, 11) is 1.81. The average Bonchev–Trinajstić information content (AvgIpc) is 2.81. The number of aryl methyl sites for hydroxylation is 2. The summed E-state index contributed by atoms with van der Waals surface area (Å²) in [5.41, 5.74) is 2.83. The molecule has 0 atom stereocenters. The third-order valence-corrected chi connectivity index (χ3v) is 4.62. The van der Waals surface area contributed by atoms with Crippen molar-refractivity contribution in [1.82, 2.24) is 10.6 Å². The molecule has 1 aliphatic heterocycles. The lowest BCUT2D eigenvalue weighted by atomic mass is 10.1. The molecule has 0 aromatic carbocycles. The molecule has 1 aromatic rings. The van der Waals surface area contributed by atoms with Gasteiger partial charge in [-0.1, -0.05) is 11.6 Å². The minimum Gasteiger partial charge on any atom is -0.377 e. The molecule has 0 saturated carbocycles. The summed E-state index contributed by atoms with van der Waals surface area (Å²) in [6.45, 7) is 7.67. The Kier molecular flexibility index (Phi) is 6.26. The van der Waals surface area contributed by atoms with Crippen LogP contribution in [0.5, 0.6) is 0 Å². The quantitative estimate of drug-likeness (QED) is 0.499. The van der Waals surface area contributed by atoms with E-state index in [1.807, 2.05) is 18.4 Å². The van der Waals surface area contributed by atoms with Crippen LogP contribution in [0.25, 0.3) is 0 Å². The van der Waals surface area contributed by atoms with Gasteiger partial charge in [0.15, 0.2) is 5.96 Å². The summed E-state index contributed by atoms with van der Waals surface area (Å²) in [4.78, 5) is 7.01. The zero-order chi connectivity index (χ0) is 15.1.